The van der Waals surface area contributed by atoms with Crippen molar-refractivity contribution >= 4 is 16.5 Å². The zero-order chi connectivity index (χ0) is 14.4. The smallest absolute Gasteiger partial charge is 0.134 e. The monoisotopic (exact) mass is 273 g/mol. The maximum Gasteiger partial charge on any atom is 0.134 e. The lowest BCUT2D eigenvalue weighted by Gasteiger charge is -2.01. The predicted molar refractivity (Wildman–Crippen MR) is 84.0 cm³/mol. The molecule has 3 nitrogen and oxygen atoms in total. The molecule has 2 aromatic rings. The second-order valence-electron chi connectivity index (χ2n) is 5.07. The van der Waals surface area contributed by atoms with Crippen molar-refractivity contribution in [2.45, 2.75) is 20.3 Å². The Labute approximate surface area is 120 Å². The molecule has 0 amide bonds. The summed E-state index contributed by atoms with van der Waals surface area (Å²) in [5.74, 6) is 0.961. The van der Waals surface area contributed by atoms with Gasteiger partial charge in [-0.1, -0.05) is 17.7 Å². The molecule has 0 atom stereocenters. The average Bonchev–Trinajstić information content (AvgIpc) is 2.85. The van der Waals surface area contributed by atoms with Crippen LogP contribution in [0.4, 0.5) is 0 Å². The number of benzene rings is 1. The van der Waals surface area contributed by atoms with Crippen LogP contribution < -0.4 is 5.32 Å². The molecule has 1 aromatic heterocycles. The van der Waals surface area contributed by atoms with Crippen LogP contribution in [0.15, 0.2) is 34.8 Å². The van der Waals surface area contributed by atoms with Gasteiger partial charge in [-0.05, 0) is 50.6 Å². The molecule has 3 heteroatoms. The van der Waals surface area contributed by atoms with Gasteiger partial charge in [0.15, 0.2) is 0 Å². The van der Waals surface area contributed by atoms with Crippen molar-refractivity contribution in [2.24, 2.45) is 0 Å². The van der Waals surface area contributed by atoms with Gasteiger partial charge in [-0.25, -0.2) is 0 Å². The molecular formula is C17H23NO2. The van der Waals surface area contributed by atoms with Gasteiger partial charge in [0, 0.05) is 19.0 Å². The summed E-state index contributed by atoms with van der Waals surface area (Å²) in [7, 11) is 1.72. The molecule has 1 N–H and O–H groups in total. The van der Waals surface area contributed by atoms with E-state index in [0.29, 0.717) is 0 Å². The largest absolute Gasteiger partial charge is 0.456 e. The van der Waals surface area contributed by atoms with Crippen LogP contribution in [0.5, 0.6) is 0 Å². The summed E-state index contributed by atoms with van der Waals surface area (Å²) in [4.78, 5) is 0. The third-order valence-corrected chi connectivity index (χ3v) is 3.32. The van der Waals surface area contributed by atoms with Crippen LogP contribution in [0.1, 0.15) is 24.7 Å². The Bertz CT molecular complexity index is 584. The molecule has 0 saturated carbocycles. The molecule has 2 rings (SSSR count). The molecule has 0 unspecified atom stereocenters. The Hall–Kier alpha value is -1.58. The van der Waals surface area contributed by atoms with Gasteiger partial charge < -0.3 is 14.5 Å². The lowest BCUT2D eigenvalue weighted by molar-refractivity contribution is 0.199. The minimum atomic E-state index is 0.756. The van der Waals surface area contributed by atoms with Crippen molar-refractivity contribution in [1.82, 2.24) is 5.32 Å². The van der Waals surface area contributed by atoms with Crippen LogP contribution in [-0.2, 0) is 4.74 Å². The van der Waals surface area contributed by atoms with Crippen molar-refractivity contribution in [3.63, 3.8) is 0 Å². The van der Waals surface area contributed by atoms with Crippen molar-refractivity contribution in [3.8, 4) is 0 Å². The first-order chi connectivity index (χ1) is 9.70. The highest BCUT2D eigenvalue weighted by molar-refractivity contribution is 5.82. The van der Waals surface area contributed by atoms with Gasteiger partial charge in [-0.2, -0.15) is 0 Å². The van der Waals surface area contributed by atoms with Crippen molar-refractivity contribution in [3.05, 3.63) is 41.7 Å². The maximum atomic E-state index is 5.87. The molecule has 0 radical (unpaired) electrons. The summed E-state index contributed by atoms with van der Waals surface area (Å²) in [6, 6.07) is 8.39. The number of hydrogen-bond donors (Lipinski definition) is 1. The van der Waals surface area contributed by atoms with E-state index in [0.717, 1.165) is 37.5 Å². The third-order valence-electron chi connectivity index (χ3n) is 3.32. The fourth-order valence-electron chi connectivity index (χ4n) is 2.15. The topological polar surface area (TPSA) is 34.4 Å². The lowest BCUT2D eigenvalue weighted by Crippen LogP contribution is -2.19. The fourth-order valence-corrected chi connectivity index (χ4v) is 2.15. The number of allylic oxidation sites excluding steroid dienone is 1. The Kier molecular flexibility index (Phi) is 5.39. The Morgan fingerprint density at radius 1 is 1.30 bits per heavy atom. The Balaban J connectivity index is 1.94. The minimum Gasteiger partial charge on any atom is -0.456 e. The number of methoxy groups -OCH3 is 1. The molecule has 0 bridgehead atoms. The van der Waals surface area contributed by atoms with Gasteiger partial charge in [-0.15, -0.1) is 0 Å². The van der Waals surface area contributed by atoms with Gasteiger partial charge in [0.05, 0.1) is 6.61 Å². The van der Waals surface area contributed by atoms with E-state index in [1.54, 1.807) is 7.11 Å². The van der Waals surface area contributed by atoms with E-state index < -0.39 is 0 Å². The number of aryl methyl sites for hydroxylation is 1. The van der Waals surface area contributed by atoms with Crippen molar-refractivity contribution < 1.29 is 9.15 Å². The van der Waals surface area contributed by atoms with E-state index in [1.165, 1.54) is 16.5 Å². The van der Waals surface area contributed by atoms with Crippen LogP contribution in [0, 0.1) is 6.92 Å². The molecule has 20 heavy (non-hydrogen) atoms. The van der Waals surface area contributed by atoms with Crippen molar-refractivity contribution in [2.75, 3.05) is 26.8 Å². The zero-order valence-corrected chi connectivity index (χ0v) is 12.5. The summed E-state index contributed by atoms with van der Waals surface area (Å²) in [5, 5.41) is 4.50. The lowest BCUT2D eigenvalue weighted by atomic mass is 10.1. The van der Waals surface area contributed by atoms with Gasteiger partial charge in [-0.3, -0.25) is 0 Å². The predicted octanol–water partition coefficient (Wildman–Crippen LogP) is 3.77. The number of ether oxygens (including phenoxy) is 1. The number of fused-ring (bicyclic) bond motifs is 1. The molecule has 0 aliphatic rings. The summed E-state index contributed by atoms with van der Waals surface area (Å²) < 4.78 is 10.9. The zero-order valence-electron chi connectivity index (χ0n) is 12.5. The number of rotatable bonds is 7. The third kappa shape index (κ3) is 3.95. The normalized spacial score (nSPS) is 12.2. The molecule has 0 fully saturated rings. The molecule has 0 saturated heterocycles. The second-order valence-corrected chi connectivity index (χ2v) is 5.07. The van der Waals surface area contributed by atoms with Crippen molar-refractivity contribution in [1.29, 1.82) is 0 Å². The molecular weight excluding hydrogens is 250 g/mol. The molecule has 1 heterocycles. The summed E-state index contributed by atoms with van der Waals surface area (Å²) in [5.41, 5.74) is 3.40. The molecule has 0 aliphatic carbocycles. The molecule has 0 spiro atoms. The van der Waals surface area contributed by atoms with E-state index >= 15 is 0 Å². The first-order valence-electron chi connectivity index (χ1n) is 7.07. The minimum absolute atomic E-state index is 0.756. The van der Waals surface area contributed by atoms with Crippen LogP contribution >= 0.6 is 0 Å². The highest BCUT2D eigenvalue weighted by Gasteiger charge is 2.05. The molecule has 1 aromatic carbocycles. The van der Waals surface area contributed by atoms with Crippen LogP contribution in [-0.4, -0.2) is 26.8 Å². The van der Waals surface area contributed by atoms with E-state index in [-0.39, 0.29) is 0 Å². The maximum absolute atomic E-state index is 5.87. The van der Waals surface area contributed by atoms with E-state index in [2.05, 4.69) is 43.4 Å². The highest BCUT2D eigenvalue weighted by Crippen LogP contribution is 2.25. The molecule has 108 valence electrons. The SMILES string of the molecule is COCCNCC/C=C(/C)c1cc2cc(C)ccc2o1. The van der Waals surface area contributed by atoms with Crippen LogP contribution in [0.25, 0.3) is 16.5 Å². The van der Waals surface area contributed by atoms with E-state index in [9.17, 15) is 0 Å². The first-order valence-corrected chi connectivity index (χ1v) is 7.07. The summed E-state index contributed by atoms with van der Waals surface area (Å²) in [6.45, 7) is 6.80. The standard InChI is InChI=1S/C17H23NO2/c1-13-6-7-16-15(11-13)12-17(20-16)14(2)5-4-8-18-9-10-19-3/h5-7,11-12,18H,4,8-10H2,1-3H3/b14-5-. The Morgan fingerprint density at radius 3 is 2.95 bits per heavy atom. The summed E-state index contributed by atoms with van der Waals surface area (Å²) >= 11 is 0. The molecule has 0 aliphatic heterocycles. The summed E-state index contributed by atoms with van der Waals surface area (Å²) in [6.07, 6.45) is 3.20. The quantitative estimate of drug-likeness (QED) is 0.780. The fraction of sp³-hybridized carbons (Fsp3) is 0.412. The van der Waals surface area contributed by atoms with Crippen LogP contribution in [0.2, 0.25) is 0 Å². The van der Waals surface area contributed by atoms with E-state index in [4.69, 9.17) is 9.15 Å². The number of nitrogens with one attached hydrogen (secondary N) is 1. The highest BCUT2D eigenvalue weighted by atomic mass is 16.5. The van der Waals surface area contributed by atoms with Gasteiger partial charge >= 0.3 is 0 Å². The Morgan fingerprint density at radius 2 is 2.15 bits per heavy atom. The van der Waals surface area contributed by atoms with Gasteiger partial charge in [0.25, 0.3) is 0 Å². The average molecular weight is 273 g/mol. The second kappa shape index (κ2) is 7.27. The number of furan rings is 1. The van der Waals surface area contributed by atoms with Gasteiger partial charge in [0.1, 0.15) is 11.3 Å². The van der Waals surface area contributed by atoms with Gasteiger partial charge in [0.2, 0.25) is 0 Å². The number of hydrogen-bond acceptors (Lipinski definition) is 3. The van der Waals surface area contributed by atoms with E-state index in [1.807, 2.05) is 6.07 Å². The van der Waals surface area contributed by atoms with Crippen LogP contribution in [0.3, 0.4) is 0 Å². The first kappa shape index (κ1) is 14.8.